The standard InChI is InChI=1S/C18H19N3OS/c22-18(17-6-3-11-23-17)20-9-7-14(8-10-20)12-21-13-19-15-4-1-2-5-16(15)21/h1-6,11,13-14H,7-10,12H2. The maximum atomic E-state index is 12.4. The lowest BCUT2D eigenvalue weighted by Crippen LogP contribution is -2.39. The second kappa shape index (κ2) is 6.16. The largest absolute Gasteiger partial charge is 0.338 e. The van der Waals surface area contributed by atoms with Crippen LogP contribution in [-0.2, 0) is 6.54 Å². The van der Waals surface area contributed by atoms with E-state index in [0.717, 1.165) is 42.9 Å². The van der Waals surface area contributed by atoms with E-state index in [-0.39, 0.29) is 5.91 Å². The number of hydrogen-bond acceptors (Lipinski definition) is 3. The molecule has 0 N–H and O–H groups in total. The van der Waals surface area contributed by atoms with Gasteiger partial charge in [0.2, 0.25) is 0 Å². The fourth-order valence-electron chi connectivity index (χ4n) is 3.31. The monoisotopic (exact) mass is 325 g/mol. The van der Waals surface area contributed by atoms with Crippen LogP contribution in [0.4, 0.5) is 0 Å². The summed E-state index contributed by atoms with van der Waals surface area (Å²) in [5.41, 5.74) is 2.25. The van der Waals surface area contributed by atoms with Crippen molar-refractivity contribution in [2.24, 2.45) is 5.92 Å². The molecule has 0 saturated carbocycles. The Morgan fingerprint density at radius 3 is 2.78 bits per heavy atom. The number of imidazole rings is 1. The number of fused-ring (bicyclic) bond motifs is 1. The number of carbonyl (C=O) groups excluding carboxylic acids is 1. The third kappa shape index (κ3) is 2.88. The van der Waals surface area contributed by atoms with Crippen molar-refractivity contribution in [2.45, 2.75) is 19.4 Å². The minimum absolute atomic E-state index is 0.187. The van der Waals surface area contributed by atoms with Crippen molar-refractivity contribution >= 4 is 28.3 Å². The molecule has 1 fully saturated rings. The Kier molecular flexibility index (Phi) is 3.87. The highest BCUT2D eigenvalue weighted by Gasteiger charge is 2.24. The molecule has 1 amide bonds. The van der Waals surface area contributed by atoms with Crippen LogP contribution in [0.25, 0.3) is 11.0 Å². The Morgan fingerprint density at radius 1 is 1.17 bits per heavy atom. The van der Waals surface area contributed by atoms with Crippen molar-refractivity contribution in [1.82, 2.24) is 14.5 Å². The van der Waals surface area contributed by atoms with Crippen LogP contribution < -0.4 is 0 Å². The van der Waals surface area contributed by atoms with E-state index < -0.39 is 0 Å². The highest BCUT2D eigenvalue weighted by atomic mass is 32.1. The lowest BCUT2D eigenvalue weighted by Gasteiger charge is -2.32. The minimum atomic E-state index is 0.187. The number of para-hydroxylation sites is 2. The lowest BCUT2D eigenvalue weighted by atomic mass is 9.96. The van der Waals surface area contributed by atoms with Crippen LogP contribution in [0.1, 0.15) is 22.5 Å². The van der Waals surface area contributed by atoms with Crippen molar-refractivity contribution < 1.29 is 4.79 Å². The molecule has 1 aliphatic rings. The number of thiophene rings is 1. The van der Waals surface area contributed by atoms with Gasteiger partial charge in [0.1, 0.15) is 0 Å². The maximum absolute atomic E-state index is 12.4. The predicted octanol–water partition coefficient (Wildman–Crippen LogP) is 3.65. The smallest absolute Gasteiger partial charge is 0.263 e. The first kappa shape index (κ1) is 14.5. The van der Waals surface area contributed by atoms with Gasteiger partial charge >= 0.3 is 0 Å². The zero-order valence-electron chi connectivity index (χ0n) is 12.9. The third-order valence-electron chi connectivity index (χ3n) is 4.62. The van der Waals surface area contributed by atoms with Crippen molar-refractivity contribution in [3.05, 3.63) is 53.0 Å². The average Bonchev–Trinajstić information content (AvgIpc) is 3.25. The first-order valence-corrected chi connectivity index (χ1v) is 8.92. The number of amides is 1. The topological polar surface area (TPSA) is 38.1 Å². The number of nitrogens with zero attached hydrogens (tertiary/aromatic N) is 3. The van der Waals surface area contributed by atoms with Gasteiger partial charge in [0, 0.05) is 19.6 Å². The third-order valence-corrected chi connectivity index (χ3v) is 5.47. The zero-order valence-corrected chi connectivity index (χ0v) is 13.7. The SMILES string of the molecule is O=C(c1cccs1)N1CCC(Cn2cnc3ccccc32)CC1. The normalized spacial score (nSPS) is 16.1. The van der Waals surface area contributed by atoms with Crippen molar-refractivity contribution in [2.75, 3.05) is 13.1 Å². The second-order valence-electron chi connectivity index (χ2n) is 6.10. The van der Waals surface area contributed by atoms with Gasteiger partial charge in [-0.3, -0.25) is 4.79 Å². The summed E-state index contributed by atoms with van der Waals surface area (Å²) in [5.74, 6) is 0.798. The first-order chi connectivity index (χ1) is 11.3. The van der Waals surface area contributed by atoms with Crippen LogP contribution in [0, 0.1) is 5.92 Å². The molecule has 5 heteroatoms. The summed E-state index contributed by atoms with van der Waals surface area (Å²) in [5, 5.41) is 1.96. The van der Waals surface area contributed by atoms with Crippen LogP contribution in [-0.4, -0.2) is 33.4 Å². The molecule has 3 heterocycles. The molecule has 0 unspecified atom stereocenters. The number of hydrogen-bond donors (Lipinski definition) is 0. The van der Waals surface area contributed by atoms with Crippen molar-refractivity contribution in [3.63, 3.8) is 0 Å². The van der Waals surface area contributed by atoms with Gasteiger partial charge in [-0.15, -0.1) is 11.3 Å². The minimum Gasteiger partial charge on any atom is -0.338 e. The Balaban J connectivity index is 1.39. The molecule has 2 aromatic heterocycles. The molecule has 0 bridgehead atoms. The predicted molar refractivity (Wildman–Crippen MR) is 92.7 cm³/mol. The van der Waals surface area contributed by atoms with Gasteiger partial charge in [-0.25, -0.2) is 4.98 Å². The summed E-state index contributed by atoms with van der Waals surface area (Å²) in [4.78, 5) is 19.7. The Labute approximate surface area is 139 Å². The van der Waals surface area contributed by atoms with Gasteiger partial charge in [0.15, 0.2) is 0 Å². The van der Waals surface area contributed by atoms with Crippen LogP contribution >= 0.6 is 11.3 Å². The highest BCUT2D eigenvalue weighted by molar-refractivity contribution is 7.12. The van der Waals surface area contributed by atoms with Crippen LogP contribution in [0.3, 0.4) is 0 Å². The molecule has 4 nitrogen and oxygen atoms in total. The number of benzene rings is 1. The summed E-state index contributed by atoms with van der Waals surface area (Å²) in [6.45, 7) is 2.70. The van der Waals surface area contributed by atoms with Gasteiger partial charge in [-0.05, 0) is 42.3 Å². The van der Waals surface area contributed by atoms with Crippen LogP contribution in [0.5, 0.6) is 0 Å². The fraction of sp³-hybridized carbons (Fsp3) is 0.333. The number of aromatic nitrogens is 2. The van der Waals surface area contributed by atoms with E-state index >= 15 is 0 Å². The average molecular weight is 325 g/mol. The molecule has 0 radical (unpaired) electrons. The second-order valence-corrected chi connectivity index (χ2v) is 7.05. The van der Waals surface area contributed by atoms with E-state index in [0.29, 0.717) is 5.92 Å². The Morgan fingerprint density at radius 2 is 2.00 bits per heavy atom. The summed E-state index contributed by atoms with van der Waals surface area (Å²) in [7, 11) is 0. The Bertz CT molecular complexity index is 801. The summed E-state index contributed by atoms with van der Waals surface area (Å²) >= 11 is 1.53. The number of rotatable bonds is 3. The molecule has 0 atom stereocenters. The molecule has 118 valence electrons. The maximum Gasteiger partial charge on any atom is 0.263 e. The molecule has 1 aliphatic heterocycles. The first-order valence-electron chi connectivity index (χ1n) is 8.04. The summed E-state index contributed by atoms with van der Waals surface area (Å²) < 4.78 is 2.25. The van der Waals surface area contributed by atoms with E-state index in [4.69, 9.17) is 0 Å². The van der Waals surface area contributed by atoms with Gasteiger partial charge in [0.05, 0.1) is 22.2 Å². The highest BCUT2D eigenvalue weighted by Crippen LogP contribution is 2.23. The van der Waals surface area contributed by atoms with Gasteiger partial charge < -0.3 is 9.47 Å². The molecular formula is C18H19N3OS. The Hall–Kier alpha value is -2.14. The zero-order chi connectivity index (χ0) is 15.6. The molecule has 3 aromatic rings. The molecule has 4 rings (SSSR count). The summed E-state index contributed by atoms with van der Waals surface area (Å²) in [6, 6.07) is 12.1. The van der Waals surface area contributed by atoms with Crippen LogP contribution in [0.15, 0.2) is 48.1 Å². The number of likely N-dealkylation sites (tertiary alicyclic amines) is 1. The van der Waals surface area contributed by atoms with E-state index in [9.17, 15) is 4.79 Å². The van der Waals surface area contributed by atoms with E-state index in [1.54, 1.807) is 0 Å². The molecule has 0 spiro atoms. The fourth-order valence-corrected chi connectivity index (χ4v) is 4.00. The van der Waals surface area contributed by atoms with Crippen molar-refractivity contribution in [3.8, 4) is 0 Å². The molecular weight excluding hydrogens is 306 g/mol. The summed E-state index contributed by atoms with van der Waals surface area (Å²) in [6.07, 6.45) is 4.06. The number of piperidine rings is 1. The van der Waals surface area contributed by atoms with Gasteiger partial charge in [0.25, 0.3) is 5.91 Å². The molecule has 1 aromatic carbocycles. The molecule has 1 saturated heterocycles. The van der Waals surface area contributed by atoms with E-state index in [1.807, 2.05) is 40.9 Å². The molecule has 0 aliphatic carbocycles. The van der Waals surface area contributed by atoms with Gasteiger partial charge in [-0.2, -0.15) is 0 Å². The number of carbonyl (C=O) groups is 1. The van der Waals surface area contributed by atoms with Crippen LogP contribution in [0.2, 0.25) is 0 Å². The van der Waals surface area contributed by atoms with E-state index in [1.165, 1.54) is 16.9 Å². The van der Waals surface area contributed by atoms with Crippen molar-refractivity contribution in [1.29, 1.82) is 0 Å². The lowest BCUT2D eigenvalue weighted by molar-refractivity contribution is 0.0688. The molecule has 23 heavy (non-hydrogen) atoms. The van der Waals surface area contributed by atoms with Gasteiger partial charge in [-0.1, -0.05) is 18.2 Å². The van der Waals surface area contributed by atoms with E-state index in [2.05, 4.69) is 21.7 Å². The quantitative estimate of drug-likeness (QED) is 0.737.